The predicted octanol–water partition coefficient (Wildman–Crippen LogP) is 0.0565. The lowest BCUT2D eigenvalue weighted by Crippen LogP contribution is -2.51. The molecule has 2 saturated heterocycles. The molecule has 1 atom stereocenters. The van der Waals surface area contributed by atoms with E-state index in [2.05, 4.69) is 9.88 Å². The van der Waals surface area contributed by atoms with Crippen LogP contribution in [0.3, 0.4) is 0 Å². The van der Waals surface area contributed by atoms with Crippen LogP contribution in [0.25, 0.3) is 0 Å². The third kappa shape index (κ3) is 1.88. The summed E-state index contributed by atoms with van der Waals surface area (Å²) in [5, 5.41) is 0. The number of fused-ring (bicyclic) bond motifs is 1. The van der Waals surface area contributed by atoms with Crippen molar-refractivity contribution in [3.05, 3.63) is 18.2 Å². The fourth-order valence-electron chi connectivity index (χ4n) is 2.45. The summed E-state index contributed by atoms with van der Waals surface area (Å²) in [6.45, 7) is 3.88. The van der Waals surface area contributed by atoms with Gasteiger partial charge >= 0.3 is 6.09 Å². The Kier molecular flexibility index (Phi) is 2.51. The van der Waals surface area contributed by atoms with Crippen LogP contribution in [-0.4, -0.2) is 57.7 Å². The first-order valence-electron chi connectivity index (χ1n) is 5.86. The zero-order valence-electron chi connectivity index (χ0n) is 9.87. The zero-order valence-corrected chi connectivity index (χ0v) is 9.87. The average Bonchev–Trinajstić information content (AvgIpc) is 2.87. The molecule has 17 heavy (non-hydrogen) atoms. The van der Waals surface area contributed by atoms with Crippen LogP contribution in [0.2, 0.25) is 0 Å². The van der Waals surface area contributed by atoms with E-state index < -0.39 is 0 Å². The quantitative estimate of drug-likeness (QED) is 0.728. The van der Waals surface area contributed by atoms with Crippen LogP contribution in [0, 0.1) is 0 Å². The summed E-state index contributed by atoms with van der Waals surface area (Å²) in [5.41, 5.74) is 0. The molecule has 0 aromatic carbocycles. The van der Waals surface area contributed by atoms with E-state index in [1.807, 2.05) is 28.9 Å². The van der Waals surface area contributed by atoms with Crippen LogP contribution in [-0.2, 0) is 18.3 Å². The minimum absolute atomic E-state index is 0.161. The molecule has 0 aliphatic carbocycles. The largest absolute Gasteiger partial charge is 0.447 e. The second kappa shape index (κ2) is 4.03. The number of hydrogen-bond donors (Lipinski definition) is 0. The predicted molar refractivity (Wildman–Crippen MR) is 60.3 cm³/mol. The number of aryl methyl sites for hydroxylation is 1. The van der Waals surface area contributed by atoms with Gasteiger partial charge in [0, 0.05) is 39.1 Å². The Labute approximate surface area is 99.8 Å². The van der Waals surface area contributed by atoms with Gasteiger partial charge in [-0.05, 0) is 0 Å². The average molecular weight is 236 g/mol. The molecule has 0 saturated carbocycles. The normalized spacial score (nSPS) is 24.9. The summed E-state index contributed by atoms with van der Waals surface area (Å²) in [7, 11) is 2.00. The molecule has 3 rings (SSSR count). The van der Waals surface area contributed by atoms with E-state index in [1.54, 1.807) is 0 Å². The van der Waals surface area contributed by atoms with Crippen molar-refractivity contribution in [2.24, 2.45) is 7.05 Å². The van der Waals surface area contributed by atoms with Gasteiger partial charge in [0.2, 0.25) is 0 Å². The monoisotopic (exact) mass is 236 g/mol. The molecule has 0 spiro atoms. The Morgan fingerprint density at radius 1 is 1.53 bits per heavy atom. The van der Waals surface area contributed by atoms with Gasteiger partial charge in [-0.25, -0.2) is 9.78 Å². The van der Waals surface area contributed by atoms with Crippen molar-refractivity contribution in [1.29, 1.82) is 0 Å². The summed E-state index contributed by atoms with van der Waals surface area (Å²) in [6.07, 6.45) is 3.60. The van der Waals surface area contributed by atoms with Crippen LogP contribution in [0.4, 0.5) is 4.79 Å². The number of imidazole rings is 1. The number of nitrogens with zero attached hydrogens (tertiary/aromatic N) is 4. The molecule has 2 fully saturated rings. The highest BCUT2D eigenvalue weighted by Gasteiger charge is 2.37. The summed E-state index contributed by atoms with van der Waals surface area (Å²) >= 11 is 0. The molecule has 6 nitrogen and oxygen atoms in total. The molecule has 6 heteroatoms. The van der Waals surface area contributed by atoms with Crippen molar-refractivity contribution < 1.29 is 9.53 Å². The van der Waals surface area contributed by atoms with Gasteiger partial charge in [0.25, 0.3) is 0 Å². The van der Waals surface area contributed by atoms with Gasteiger partial charge in [-0.2, -0.15) is 0 Å². The first-order valence-corrected chi connectivity index (χ1v) is 5.86. The standard InChI is InChI=1S/C11H16N4O2/c1-13-3-2-12-10(13)7-14-4-5-15-9(6-14)8-17-11(15)16/h2-3,9H,4-8H2,1H3. The molecular formula is C11H16N4O2. The van der Waals surface area contributed by atoms with Crippen LogP contribution in [0.15, 0.2) is 12.4 Å². The van der Waals surface area contributed by atoms with Crippen LogP contribution in [0.1, 0.15) is 5.82 Å². The molecule has 1 aromatic rings. The van der Waals surface area contributed by atoms with Gasteiger partial charge in [0.15, 0.2) is 0 Å². The van der Waals surface area contributed by atoms with Gasteiger partial charge in [0.1, 0.15) is 12.4 Å². The van der Waals surface area contributed by atoms with Crippen molar-refractivity contribution in [2.75, 3.05) is 26.2 Å². The number of aromatic nitrogens is 2. The van der Waals surface area contributed by atoms with Crippen LogP contribution >= 0.6 is 0 Å². The van der Waals surface area contributed by atoms with Crippen molar-refractivity contribution in [3.8, 4) is 0 Å². The van der Waals surface area contributed by atoms with E-state index >= 15 is 0 Å². The molecule has 1 aromatic heterocycles. The zero-order chi connectivity index (χ0) is 11.8. The number of piperazine rings is 1. The number of carbonyl (C=O) groups is 1. The molecule has 2 aliphatic heterocycles. The molecule has 0 bridgehead atoms. The Morgan fingerprint density at radius 3 is 3.18 bits per heavy atom. The smallest absolute Gasteiger partial charge is 0.410 e. The number of carbonyl (C=O) groups excluding carboxylic acids is 1. The molecule has 1 unspecified atom stereocenters. The Bertz CT molecular complexity index is 431. The van der Waals surface area contributed by atoms with Gasteiger partial charge < -0.3 is 9.30 Å². The Balaban J connectivity index is 1.64. The van der Waals surface area contributed by atoms with Crippen molar-refractivity contribution >= 4 is 6.09 Å². The fourth-order valence-corrected chi connectivity index (χ4v) is 2.45. The van der Waals surface area contributed by atoms with Gasteiger partial charge in [-0.15, -0.1) is 0 Å². The number of hydrogen-bond acceptors (Lipinski definition) is 4. The van der Waals surface area contributed by atoms with E-state index in [0.29, 0.717) is 6.61 Å². The summed E-state index contributed by atoms with van der Waals surface area (Å²) in [5.74, 6) is 1.06. The van der Waals surface area contributed by atoms with E-state index in [-0.39, 0.29) is 12.1 Å². The minimum atomic E-state index is -0.161. The molecule has 0 radical (unpaired) electrons. The number of cyclic esters (lactones) is 1. The molecule has 92 valence electrons. The highest BCUT2D eigenvalue weighted by atomic mass is 16.6. The van der Waals surface area contributed by atoms with Crippen molar-refractivity contribution in [3.63, 3.8) is 0 Å². The van der Waals surface area contributed by atoms with Crippen molar-refractivity contribution in [2.45, 2.75) is 12.6 Å². The first-order chi connectivity index (χ1) is 8.24. The minimum Gasteiger partial charge on any atom is -0.447 e. The van der Waals surface area contributed by atoms with E-state index in [1.165, 1.54) is 0 Å². The fraction of sp³-hybridized carbons (Fsp3) is 0.636. The SMILES string of the molecule is Cn1ccnc1CN1CCN2C(=O)OCC2C1. The molecule has 1 amide bonds. The Morgan fingerprint density at radius 2 is 2.41 bits per heavy atom. The summed E-state index contributed by atoms with van der Waals surface area (Å²) in [4.78, 5) is 19.8. The topological polar surface area (TPSA) is 50.6 Å². The van der Waals surface area contributed by atoms with Crippen LogP contribution < -0.4 is 0 Å². The Hall–Kier alpha value is -1.56. The maximum absolute atomic E-state index is 11.4. The first kappa shape index (κ1) is 10.6. The number of rotatable bonds is 2. The van der Waals surface area contributed by atoms with Gasteiger partial charge in [-0.1, -0.05) is 0 Å². The molecule has 2 aliphatic rings. The lowest BCUT2D eigenvalue weighted by Gasteiger charge is -2.34. The van der Waals surface area contributed by atoms with Crippen LogP contribution in [0.5, 0.6) is 0 Å². The number of ether oxygens (including phenoxy) is 1. The third-order valence-electron chi connectivity index (χ3n) is 3.49. The highest BCUT2D eigenvalue weighted by molar-refractivity contribution is 5.70. The highest BCUT2D eigenvalue weighted by Crippen LogP contribution is 2.18. The maximum Gasteiger partial charge on any atom is 0.410 e. The van der Waals surface area contributed by atoms with E-state index in [9.17, 15) is 4.79 Å². The third-order valence-corrected chi connectivity index (χ3v) is 3.49. The molecule has 0 N–H and O–H groups in total. The lowest BCUT2D eigenvalue weighted by atomic mass is 10.2. The second-order valence-corrected chi connectivity index (χ2v) is 4.61. The van der Waals surface area contributed by atoms with Crippen molar-refractivity contribution in [1.82, 2.24) is 19.4 Å². The number of amides is 1. The van der Waals surface area contributed by atoms with Gasteiger partial charge in [-0.3, -0.25) is 9.80 Å². The summed E-state index contributed by atoms with van der Waals surface area (Å²) in [6, 6.07) is 0.219. The molecule has 3 heterocycles. The lowest BCUT2D eigenvalue weighted by molar-refractivity contribution is 0.113. The van der Waals surface area contributed by atoms with Gasteiger partial charge in [0.05, 0.1) is 12.6 Å². The molecular weight excluding hydrogens is 220 g/mol. The second-order valence-electron chi connectivity index (χ2n) is 4.61. The summed E-state index contributed by atoms with van der Waals surface area (Å²) < 4.78 is 7.08. The van der Waals surface area contributed by atoms with E-state index in [4.69, 9.17) is 4.74 Å². The maximum atomic E-state index is 11.4. The van der Waals surface area contributed by atoms with E-state index in [0.717, 1.165) is 32.0 Å².